The van der Waals surface area contributed by atoms with Crippen molar-refractivity contribution in [3.05, 3.63) is 231 Å². The number of ether oxygens (including phenoxy) is 17. The molecule has 0 saturated carbocycles. The Labute approximate surface area is 770 Å². The molecular weight excluding hydrogens is 1750 g/mol. The number of allylic oxidation sites excluding steroid dienone is 1. The maximum absolute atomic E-state index is 12.8. The van der Waals surface area contributed by atoms with Crippen LogP contribution in [0.4, 0.5) is 0 Å². The molecular formula is C98H110O36. The highest BCUT2D eigenvalue weighted by atomic mass is 16.6. The molecule has 36 nitrogen and oxygen atoms in total. The fourth-order valence-electron chi connectivity index (χ4n) is 15.6. The van der Waals surface area contributed by atoms with Gasteiger partial charge in [0.25, 0.3) is 0 Å². The molecule has 0 bridgehead atoms. The number of phenols is 3. The molecule has 134 heavy (non-hydrogen) atoms. The first-order valence-electron chi connectivity index (χ1n) is 41.9. The quantitative estimate of drug-likeness (QED) is 0.00737. The van der Waals surface area contributed by atoms with E-state index in [1.807, 2.05) is 0 Å². The van der Waals surface area contributed by atoms with Gasteiger partial charge in [-0.05, 0) is 179 Å². The zero-order chi connectivity index (χ0) is 97.1. The van der Waals surface area contributed by atoms with Crippen molar-refractivity contribution in [2.45, 2.75) is 105 Å². The van der Waals surface area contributed by atoms with Gasteiger partial charge in [0.05, 0.1) is 129 Å². The Morgan fingerprint density at radius 3 is 1.46 bits per heavy atom. The van der Waals surface area contributed by atoms with Crippen molar-refractivity contribution >= 4 is 18.1 Å². The van der Waals surface area contributed by atoms with E-state index in [4.69, 9.17) is 80.5 Å². The number of phenolic OH excluding ortho intramolecular Hbond substituents is 3. The van der Waals surface area contributed by atoms with Gasteiger partial charge in [0.1, 0.15) is 54.8 Å². The lowest BCUT2D eigenvalue weighted by Crippen LogP contribution is -2.30. The van der Waals surface area contributed by atoms with E-state index in [1.165, 1.54) is 193 Å². The third-order valence-corrected chi connectivity index (χ3v) is 22.7. The van der Waals surface area contributed by atoms with Crippen LogP contribution in [0.15, 0.2) is 164 Å². The molecule has 718 valence electrons. The smallest absolute Gasteiger partial charge is 0.239 e. The molecule has 1 aliphatic heterocycles. The van der Waals surface area contributed by atoms with Crippen molar-refractivity contribution in [2.24, 2.45) is 0 Å². The average Bonchev–Trinajstić information content (AvgIpc) is 1.61. The summed E-state index contributed by atoms with van der Waals surface area (Å²) in [6.07, 6.45) is -16.5. The highest BCUT2D eigenvalue weighted by molar-refractivity contribution is 5.97. The number of aliphatic hydroxyl groups is 14. The number of aliphatic hydroxyl groups excluding tert-OH is 14. The first-order chi connectivity index (χ1) is 64.5. The maximum atomic E-state index is 12.8. The molecule has 0 spiro atoms. The van der Waals surface area contributed by atoms with E-state index >= 15 is 0 Å². The lowest BCUT2D eigenvalue weighted by Gasteiger charge is -2.31. The van der Waals surface area contributed by atoms with E-state index in [0.717, 1.165) is 0 Å². The number of fused-ring (bicyclic) bond motifs is 1. The highest BCUT2D eigenvalue weighted by Gasteiger charge is 2.42. The van der Waals surface area contributed by atoms with Crippen LogP contribution in [-0.4, -0.2) is 253 Å². The summed E-state index contributed by atoms with van der Waals surface area (Å²) < 4.78 is 102. The van der Waals surface area contributed by atoms with Crippen LogP contribution < -0.4 is 80.5 Å². The second kappa shape index (κ2) is 46.4. The number of methoxy groups -OCH3 is 10. The van der Waals surface area contributed by atoms with Gasteiger partial charge >= 0.3 is 0 Å². The summed E-state index contributed by atoms with van der Waals surface area (Å²) in [5.74, 6) is -3.78. The van der Waals surface area contributed by atoms with Gasteiger partial charge in [0.2, 0.25) is 12.0 Å². The molecule has 15 atom stereocenters. The largest absolute Gasteiger partial charge is 0.504 e. The van der Waals surface area contributed by atoms with Gasteiger partial charge in [-0.3, -0.25) is 9.59 Å². The summed E-state index contributed by atoms with van der Waals surface area (Å²) in [4.78, 5) is 23.6. The summed E-state index contributed by atoms with van der Waals surface area (Å²) in [7, 11) is 13.1. The molecule has 36 heteroatoms. The van der Waals surface area contributed by atoms with Gasteiger partial charge in [0, 0.05) is 45.7 Å². The van der Waals surface area contributed by atoms with Gasteiger partial charge in [-0.1, -0.05) is 42.5 Å². The Morgan fingerprint density at radius 1 is 0.403 bits per heavy atom. The third-order valence-electron chi connectivity index (χ3n) is 22.7. The van der Waals surface area contributed by atoms with Crippen molar-refractivity contribution in [2.75, 3.05) is 117 Å². The number of hydrogen-bond acceptors (Lipinski definition) is 36. The molecule has 1 aliphatic rings. The van der Waals surface area contributed by atoms with Gasteiger partial charge in [-0.2, -0.15) is 0 Å². The molecule has 0 radical (unpaired) electrons. The van der Waals surface area contributed by atoms with E-state index in [-0.39, 0.29) is 177 Å². The van der Waals surface area contributed by atoms with Crippen LogP contribution >= 0.6 is 0 Å². The number of ketones is 1. The minimum absolute atomic E-state index is 0.000616. The Balaban J connectivity index is 0.896. The molecule has 1 heterocycles. The topological polar surface area (TPSA) is 535 Å². The third kappa shape index (κ3) is 22.4. The van der Waals surface area contributed by atoms with Crippen LogP contribution in [0.5, 0.6) is 115 Å². The first-order valence-corrected chi connectivity index (χ1v) is 41.9. The molecule has 0 aliphatic carbocycles. The molecule has 17 N–H and O–H groups in total. The highest BCUT2D eigenvalue weighted by Crippen LogP contribution is 2.55. The molecule has 15 unspecified atom stereocenters. The average molecular weight is 1860 g/mol. The minimum Gasteiger partial charge on any atom is -0.504 e. The molecule has 0 amide bonds. The first kappa shape index (κ1) is 101. The molecule has 0 saturated heterocycles. The zero-order valence-electron chi connectivity index (χ0n) is 74.9. The van der Waals surface area contributed by atoms with E-state index in [1.54, 1.807) is 54.6 Å². The lowest BCUT2D eigenvalue weighted by molar-refractivity contribution is -0.104. The van der Waals surface area contributed by atoms with E-state index in [2.05, 4.69) is 0 Å². The number of carbonyl (C=O) groups is 2. The number of aromatic hydroxyl groups is 3. The van der Waals surface area contributed by atoms with Crippen LogP contribution in [0.3, 0.4) is 0 Å². The van der Waals surface area contributed by atoms with Crippen LogP contribution in [-0.2, 0) is 11.2 Å². The molecule has 0 aromatic heterocycles. The number of benzene rings is 10. The molecule has 11 rings (SSSR count). The predicted molar refractivity (Wildman–Crippen MR) is 480 cm³/mol. The fraction of sp³-hybridized carbons (Fsp3) is 0.347. The SMILES string of the molecule is COc1cc(C(Oc2ccc(C(O)C(O)CO)cc2OC)C(O)CO)c(C(CO)C(O)c2ccc(OC(CO)C(O)c3cc(OC)c(OC(c4cc(OC)c5c(c4)C(CO)C(c4ccc(OC(CO)Cc6cc(OC)c(O)c(-c7cc(C(C)=O)cc(OC)c7O)c6)c(OC)c4)O5)C(O)Oc4ccc(C(O)C(CO)Oc5ccc(/C=C/C=O)cc5OC)cc4)c(OC)c3)c(OC)c2)cc1O. The summed E-state index contributed by atoms with van der Waals surface area (Å²) >= 11 is 0. The molecule has 10 aromatic rings. The standard InChI is InChI=1S/C98H110O36/c1-49(107)56-31-63(92(116)81(36-56)124-8)62-28-51(30-80(123-7)91(62)115)27-60(42-100)128-71-25-19-55(35-79(71)122-6)93-67(44-102)64-32-58(39-82(125-9)96(64)133-93)94(98(117)129-59-20-15-52(16-21-59)89(113)85(47-105)130-72-22-14-50(13-12-26-99)29-76(72)119-3)134-97-83(126-10)37-57(38-84(97)127-11)90(114)86(48-106)131-73-23-17-53(33-77(73)120-4)87(111)66(43-101)61-40-68(108)75(118-2)41-65(61)95(70(110)46-104)132-74-24-18-54(34-78(74)121-5)88(112)69(109)45-103/h12-26,28-41,60,66-67,69-70,85-90,93-95,98,100-106,108-117H,27,42-48H2,1-11H3/b13-12+. The second-order valence-corrected chi connectivity index (χ2v) is 30.9. The van der Waals surface area contributed by atoms with Crippen LogP contribution in [0.2, 0.25) is 0 Å². The van der Waals surface area contributed by atoms with Crippen LogP contribution in [0.25, 0.3) is 17.2 Å². The monoisotopic (exact) mass is 1860 g/mol. The van der Waals surface area contributed by atoms with E-state index < -0.39 is 143 Å². The maximum Gasteiger partial charge on any atom is 0.239 e. The number of Topliss-reactive ketones (excluding diaryl/α,β-unsaturated/α-hetero) is 1. The molecule has 0 fully saturated rings. The summed E-state index contributed by atoms with van der Waals surface area (Å²) in [6.45, 7) is -3.84. The van der Waals surface area contributed by atoms with Gasteiger partial charge in [0.15, 0.2) is 134 Å². The number of carbonyl (C=O) groups excluding carboxylic acids is 2. The van der Waals surface area contributed by atoms with Crippen LogP contribution in [0.1, 0.15) is 133 Å². The van der Waals surface area contributed by atoms with Crippen molar-refractivity contribution in [1.82, 2.24) is 0 Å². The lowest BCUT2D eigenvalue weighted by atomic mass is 9.84. The Morgan fingerprint density at radius 2 is 0.910 bits per heavy atom. The van der Waals surface area contributed by atoms with Crippen molar-refractivity contribution in [3.63, 3.8) is 0 Å². The van der Waals surface area contributed by atoms with Crippen molar-refractivity contribution in [1.29, 1.82) is 0 Å². The Bertz CT molecular complexity index is 5660. The summed E-state index contributed by atoms with van der Waals surface area (Å²) in [5.41, 5.74) is 2.70. The second-order valence-electron chi connectivity index (χ2n) is 30.9. The zero-order valence-corrected chi connectivity index (χ0v) is 74.9. The van der Waals surface area contributed by atoms with Crippen LogP contribution in [0, 0.1) is 0 Å². The number of rotatable bonds is 49. The summed E-state index contributed by atoms with van der Waals surface area (Å²) in [5, 5.41) is 191. The minimum atomic E-state index is -2.04. The van der Waals surface area contributed by atoms with Gasteiger partial charge < -0.3 is 167 Å². The number of aldehydes is 1. The van der Waals surface area contributed by atoms with Crippen molar-refractivity contribution < 1.29 is 177 Å². The van der Waals surface area contributed by atoms with Crippen molar-refractivity contribution in [3.8, 4) is 126 Å². The summed E-state index contributed by atoms with van der Waals surface area (Å²) in [6, 6.07) is 37.5. The van der Waals surface area contributed by atoms with Gasteiger partial charge in [-0.25, -0.2) is 0 Å². The van der Waals surface area contributed by atoms with E-state index in [0.29, 0.717) is 28.5 Å². The Hall–Kier alpha value is -13.3. The van der Waals surface area contributed by atoms with Gasteiger partial charge in [-0.15, -0.1) is 0 Å². The fourth-order valence-corrected chi connectivity index (χ4v) is 15.6. The van der Waals surface area contributed by atoms with E-state index in [9.17, 15) is 96.4 Å². The predicted octanol–water partition coefficient (Wildman–Crippen LogP) is 8.30. The molecule has 10 aromatic carbocycles. The number of hydrogen-bond donors (Lipinski definition) is 17. The Kier molecular flexibility index (Phi) is 35.1. The normalized spacial score (nSPS) is 15.8.